The maximum atomic E-state index is 12.8. The molecule has 0 aromatic heterocycles. The second-order valence-electron chi connectivity index (χ2n) is 7.69. The van der Waals surface area contributed by atoms with Gasteiger partial charge in [-0.2, -0.15) is 0 Å². The van der Waals surface area contributed by atoms with E-state index in [1.54, 1.807) is 72.8 Å². The van der Waals surface area contributed by atoms with E-state index >= 15 is 0 Å². The number of anilines is 1. The smallest absolute Gasteiger partial charge is 0.339 e. The van der Waals surface area contributed by atoms with Crippen LogP contribution in [0.15, 0.2) is 78.9 Å². The summed E-state index contributed by atoms with van der Waals surface area (Å²) in [6, 6.07) is 21.7. The van der Waals surface area contributed by atoms with E-state index in [2.05, 4.69) is 10.6 Å². The maximum Gasteiger partial charge on any atom is 0.339 e. The van der Waals surface area contributed by atoms with E-state index in [0.717, 1.165) is 12.8 Å². The van der Waals surface area contributed by atoms with Gasteiger partial charge in [0.05, 0.1) is 5.56 Å². The van der Waals surface area contributed by atoms with Crippen LogP contribution in [0.5, 0.6) is 0 Å². The second kappa shape index (κ2) is 9.91. The molecule has 3 aromatic carbocycles. The molecule has 0 spiro atoms. The monoisotopic (exact) mass is 442 g/mol. The van der Waals surface area contributed by atoms with Gasteiger partial charge in [-0.05, 0) is 37.1 Å². The molecule has 0 unspecified atom stereocenters. The van der Waals surface area contributed by atoms with Crippen LogP contribution >= 0.6 is 0 Å². The molecule has 0 aliphatic heterocycles. The van der Waals surface area contributed by atoms with Crippen molar-refractivity contribution in [3.05, 3.63) is 101 Å². The summed E-state index contributed by atoms with van der Waals surface area (Å²) in [6.45, 7) is -0.537. The first kappa shape index (κ1) is 22.0. The summed E-state index contributed by atoms with van der Waals surface area (Å²) in [4.78, 5) is 49.9. The van der Waals surface area contributed by atoms with Crippen LogP contribution < -0.4 is 10.6 Å². The fraction of sp³-hybridized carbons (Fsp3) is 0.154. The molecule has 1 saturated carbocycles. The molecule has 1 aliphatic rings. The number of nitrogens with one attached hydrogen (secondary N) is 2. The van der Waals surface area contributed by atoms with Crippen molar-refractivity contribution in [3.63, 3.8) is 0 Å². The van der Waals surface area contributed by atoms with Crippen LogP contribution in [-0.4, -0.2) is 36.2 Å². The molecule has 4 rings (SSSR count). The van der Waals surface area contributed by atoms with Crippen LogP contribution in [0.4, 0.5) is 5.69 Å². The molecular weight excluding hydrogens is 420 g/mol. The Hall–Kier alpha value is -4.26. The van der Waals surface area contributed by atoms with Crippen molar-refractivity contribution in [1.29, 1.82) is 0 Å². The predicted molar refractivity (Wildman–Crippen MR) is 122 cm³/mol. The topological polar surface area (TPSA) is 102 Å². The highest BCUT2D eigenvalue weighted by atomic mass is 16.5. The zero-order chi connectivity index (χ0) is 23.2. The Morgan fingerprint density at radius 3 is 2.18 bits per heavy atom. The van der Waals surface area contributed by atoms with Crippen LogP contribution in [0.1, 0.15) is 49.5 Å². The van der Waals surface area contributed by atoms with E-state index in [9.17, 15) is 19.2 Å². The van der Waals surface area contributed by atoms with Crippen LogP contribution in [0, 0.1) is 0 Å². The lowest BCUT2D eigenvalue weighted by Gasteiger charge is -2.10. The Bertz CT molecular complexity index is 1200. The highest BCUT2D eigenvalue weighted by Crippen LogP contribution is 2.20. The average Bonchev–Trinajstić information content (AvgIpc) is 3.67. The Morgan fingerprint density at radius 1 is 0.788 bits per heavy atom. The minimum atomic E-state index is -0.775. The molecule has 0 radical (unpaired) electrons. The molecule has 2 amide bonds. The van der Waals surface area contributed by atoms with Crippen LogP contribution in [0.2, 0.25) is 0 Å². The number of ether oxygens (including phenoxy) is 1. The van der Waals surface area contributed by atoms with Gasteiger partial charge in [0.2, 0.25) is 0 Å². The van der Waals surface area contributed by atoms with Crippen molar-refractivity contribution in [2.75, 3.05) is 11.9 Å². The molecule has 2 N–H and O–H groups in total. The summed E-state index contributed by atoms with van der Waals surface area (Å²) < 4.78 is 5.14. The first-order valence-corrected chi connectivity index (χ1v) is 10.6. The van der Waals surface area contributed by atoms with E-state index in [0.29, 0.717) is 16.8 Å². The van der Waals surface area contributed by atoms with Gasteiger partial charge < -0.3 is 15.4 Å². The molecule has 1 fully saturated rings. The summed E-state index contributed by atoms with van der Waals surface area (Å²) in [6.07, 6.45) is 1.96. The standard InChI is InChI=1S/C26H22N2O5/c29-23(27-20-10-6-9-18(15-20)25(31)28-19-13-14-19)16-33-26(32)22-12-5-4-11-21(22)24(30)17-7-2-1-3-8-17/h1-12,15,19H,13-14,16H2,(H,27,29)(H,28,31). The van der Waals surface area contributed by atoms with E-state index in [1.807, 2.05) is 0 Å². The maximum absolute atomic E-state index is 12.8. The third-order valence-corrected chi connectivity index (χ3v) is 5.08. The molecule has 7 heteroatoms. The fourth-order valence-corrected chi connectivity index (χ4v) is 3.24. The highest BCUT2D eigenvalue weighted by molar-refractivity contribution is 6.14. The zero-order valence-corrected chi connectivity index (χ0v) is 17.7. The fourth-order valence-electron chi connectivity index (χ4n) is 3.24. The SMILES string of the molecule is O=C(COC(=O)c1ccccc1C(=O)c1ccccc1)Nc1cccc(C(=O)NC2CC2)c1. The Kier molecular flexibility index (Phi) is 6.59. The molecule has 0 saturated heterocycles. The number of hydrogen-bond donors (Lipinski definition) is 2. The van der Waals surface area contributed by atoms with Crippen LogP contribution in [0.3, 0.4) is 0 Å². The van der Waals surface area contributed by atoms with Crippen molar-refractivity contribution in [2.24, 2.45) is 0 Å². The van der Waals surface area contributed by atoms with Crippen LogP contribution in [-0.2, 0) is 9.53 Å². The summed E-state index contributed by atoms with van der Waals surface area (Å²) >= 11 is 0. The molecule has 1 aliphatic carbocycles. The Balaban J connectivity index is 1.37. The van der Waals surface area contributed by atoms with Gasteiger partial charge in [-0.3, -0.25) is 14.4 Å². The molecule has 3 aromatic rings. The number of carbonyl (C=O) groups excluding carboxylic acids is 4. The van der Waals surface area contributed by atoms with Crippen molar-refractivity contribution in [2.45, 2.75) is 18.9 Å². The summed E-state index contributed by atoms with van der Waals surface area (Å²) in [5, 5.41) is 5.50. The van der Waals surface area contributed by atoms with Gasteiger partial charge in [0, 0.05) is 28.4 Å². The van der Waals surface area contributed by atoms with Crippen molar-refractivity contribution in [1.82, 2.24) is 5.32 Å². The van der Waals surface area contributed by atoms with E-state index in [1.165, 1.54) is 6.07 Å². The molecule has 0 bridgehead atoms. The normalized spacial score (nSPS) is 12.5. The van der Waals surface area contributed by atoms with Gasteiger partial charge >= 0.3 is 5.97 Å². The first-order chi connectivity index (χ1) is 16.0. The molecule has 0 atom stereocenters. The van der Waals surface area contributed by atoms with E-state index < -0.39 is 18.5 Å². The van der Waals surface area contributed by atoms with Crippen LogP contribution in [0.25, 0.3) is 0 Å². The van der Waals surface area contributed by atoms with E-state index in [-0.39, 0.29) is 28.9 Å². The Morgan fingerprint density at radius 2 is 1.45 bits per heavy atom. The lowest BCUT2D eigenvalue weighted by molar-refractivity contribution is -0.119. The van der Waals surface area contributed by atoms with Gasteiger partial charge in [0.1, 0.15) is 0 Å². The number of amides is 2. The van der Waals surface area contributed by atoms with Crippen molar-refractivity contribution >= 4 is 29.3 Å². The van der Waals surface area contributed by atoms with Crippen molar-refractivity contribution in [3.8, 4) is 0 Å². The lowest BCUT2D eigenvalue weighted by atomic mass is 9.98. The summed E-state index contributed by atoms with van der Waals surface area (Å²) in [5.41, 5.74) is 1.58. The summed E-state index contributed by atoms with van der Waals surface area (Å²) in [5.74, 6) is -1.84. The van der Waals surface area contributed by atoms with Gasteiger partial charge in [-0.25, -0.2) is 4.79 Å². The quantitative estimate of drug-likeness (QED) is 0.410. The number of esters is 1. The van der Waals surface area contributed by atoms with Gasteiger partial charge in [0.15, 0.2) is 12.4 Å². The van der Waals surface area contributed by atoms with Gasteiger partial charge in [0.25, 0.3) is 11.8 Å². The van der Waals surface area contributed by atoms with Gasteiger partial charge in [-0.15, -0.1) is 0 Å². The van der Waals surface area contributed by atoms with Gasteiger partial charge in [-0.1, -0.05) is 54.6 Å². The minimum absolute atomic E-state index is 0.0814. The van der Waals surface area contributed by atoms with Crippen molar-refractivity contribution < 1.29 is 23.9 Å². The number of hydrogen-bond acceptors (Lipinski definition) is 5. The number of ketones is 1. The average molecular weight is 442 g/mol. The number of benzene rings is 3. The molecular formula is C26H22N2O5. The molecule has 0 heterocycles. The minimum Gasteiger partial charge on any atom is -0.452 e. The first-order valence-electron chi connectivity index (χ1n) is 10.6. The number of rotatable bonds is 8. The highest BCUT2D eigenvalue weighted by Gasteiger charge is 2.24. The van der Waals surface area contributed by atoms with E-state index in [4.69, 9.17) is 4.74 Å². The number of carbonyl (C=O) groups is 4. The molecule has 166 valence electrons. The lowest BCUT2D eigenvalue weighted by Crippen LogP contribution is -2.25. The predicted octanol–water partition coefficient (Wildman–Crippen LogP) is 3.61. The second-order valence-corrected chi connectivity index (χ2v) is 7.69. The third kappa shape index (κ3) is 5.71. The summed E-state index contributed by atoms with van der Waals surface area (Å²) in [7, 11) is 0. The molecule has 33 heavy (non-hydrogen) atoms. The zero-order valence-electron chi connectivity index (χ0n) is 17.7. The molecule has 7 nitrogen and oxygen atoms in total. The third-order valence-electron chi connectivity index (χ3n) is 5.08. The Labute approximate surface area is 190 Å². The largest absolute Gasteiger partial charge is 0.452 e.